The van der Waals surface area contributed by atoms with Gasteiger partial charge in [-0.2, -0.15) is 14.6 Å². The second kappa shape index (κ2) is 7.41. The minimum absolute atomic E-state index is 0.455. The van der Waals surface area contributed by atoms with Crippen molar-refractivity contribution in [2.75, 3.05) is 25.0 Å². The molecule has 0 bridgehead atoms. The van der Waals surface area contributed by atoms with Gasteiger partial charge in [-0.3, -0.25) is 0 Å². The summed E-state index contributed by atoms with van der Waals surface area (Å²) in [6, 6.07) is 12.8. The van der Waals surface area contributed by atoms with Crippen molar-refractivity contribution in [1.29, 1.82) is 0 Å². The van der Waals surface area contributed by atoms with E-state index in [4.69, 9.17) is 0 Å². The SMILES string of the molecule is CC(C)CN1CCC(Nc2cc(-c3ccccc3)nc3ncnn23)CC1. The summed E-state index contributed by atoms with van der Waals surface area (Å²) in [5.74, 6) is 2.32. The van der Waals surface area contributed by atoms with Gasteiger partial charge < -0.3 is 10.2 Å². The van der Waals surface area contributed by atoms with Crippen molar-refractivity contribution >= 4 is 11.6 Å². The van der Waals surface area contributed by atoms with Gasteiger partial charge in [-0.15, -0.1) is 0 Å². The molecule has 26 heavy (non-hydrogen) atoms. The number of likely N-dealkylation sites (tertiary alicyclic amines) is 1. The highest BCUT2D eigenvalue weighted by Crippen LogP contribution is 2.23. The van der Waals surface area contributed by atoms with E-state index in [2.05, 4.69) is 57.3 Å². The molecule has 6 heteroatoms. The summed E-state index contributed by atoms with van der Waals surface area (Å²) in [5.41, 5.74) is 2.01. The Labute approximate surface area is 154 Å². The van der Waals surface area contributed by atoms with E-state index >= 15 is 0 Å². The van der Waals surface area contributed by atoms with Gasteiger partial charge in [0.15, 0.2) is 0 Å². The number of fused-ring (bicyclic) bond motifs is 1. The first kappa shape index (κ1) is 17.0. The lowest BCUT2D eigenvalue weighted by Crippen LogP contribution is -2.40. The van der Waals surface area contributed by atoms with Crippen LogP contribution in [0.5, 0.6) is 0 Å². The minimum Gasteiger partial charge on any atom is -0.367 e. The van der Waals surface area contributed by atoms with Crippen LogP contribution in [0.1, 0.15) is 26.7 Å². The molecule has 6 nitrogen and oxygen atoms in total. The molecule has 3 heterocycles. The van der Waals surface area contributed by atoms with E-state index in [9.17, 15) is 0 Å². The van der Waals surface area contributed by atoms with Crippen LogP contribution in [-0.2, 0) is 0 Å². The highest BCUT2D eigenvalue weighted by molar-refractivity contribution is 5.65. The van der Waals surface area contributed by atoms with Crippen LogP contribution in [0, 0.1) is 5.92 Å². The molecule has 0 saturated carbocycles. The van der Waals surface area contributed by atoms with Crippen LogP contribution in [0.4, 0.5) is 5.82 Å². The topological polar surface area (TPSA) is 58.3 Å². The van der Waals surface area contributed by atoms with Crippen molar-refractivity contribution in [2.45, 2.75) is 32.7 Å². The zero-order valence-corrected chi connectivity index (χ0v) is 15.5. The predicted molar refractivity (Wildman–Crippen MR) is 104 cm³/mol. The maximum absolute atomic E-state index is 4.65. The van der Waals surface area contributed by atoms with E-state index in [1.165, 1.54) is 6.54 Å². The molecule has 0 unspecified atom stereocenters. The Bertz CT molecular complexity index is 849. The summed E-state index contributed by atoms with van der Waals surface area (Å²) in [6.45, 7) is 8.05. The monoisotopic (exact) mass is 350 g/mol. The standard InChI is InChI=1S/C20H26N6/c1-15(2)13-25-10-8-17(9-11-25)23-19-12-18(16-6-4-3-5-7-16)24-20-21-14-22-26(19)20/h3-7,12,14-15,17,23H,8-11,13H2,1-2H3. The molecule has 0 spiro atoms. The second-order valence-corrected chi connectivity index (χ2v) is 7.48. The Hall–Kier alpha value is -2.47. The summed E-state index contributed by atoms with van der Waals surface area (Å²) >= 11 is 0. The Kier molecular flexibility index (Phi) is 4.84. The largest absolute Gasteiger partial charge is 0.367 e. The van der Waals surface area contributed by atoms with Crippen molar-refractivity contribution in [3.8, 4) is 11.3 Å². The van der Waals surface area contributed by atoms with Crippen LogP contribution in [-0.4, -0.2) is 50.2 Å². The van der Waals surface area contributed by atoms with Gasteiger partial charge in [0, 0.05) is 37.3 Å². The lowest BCUT2D eigenvalue weighted by molar-refractivity contribution is 0.197. The third-order valence-corrected chi connectivity index (χ3v) is 4.88. The van der Waals surface area contributed by atoms with Crippen LogP contribution in [0.15, 0.2) is 42.7 Å². The van der Waals surface area contributed by atoms with Crippen molar-refractivity contribution < 1.29 is 0 Å². The number of hydrogen-bond donors (Lipinski definition) is 1. The van der Waals surface area contributed by atoms with Gasteiger partial charge in [-0.1, -0.05) is 44.2 Å². The van der Waals surface area contributed by atoms with Crippen LogP contribution < -0.4 is 5.32 Å². The first-order valence-corrected chi connectivity index (χ1v) is 9.44. The summed E-state index contributed by atoms with van der Waals surface area (Å²) in [4.78, 5) is 11.5. The number of aromatic nitrogens is 4. The lowest BCUT2D eigenvalue weighted by atomic mass is 10.0. The zero-order valence-electron chi connectivity index (χ0n) is 15.5. The molecule has 3 aromatic rings. The second-order valence-electron chi connectivity index (χ2n) is 7.48. The average molecular weight is 350 g/mol. The minimum atomic E-state index is 0.455. The van der Waals surface area contributed by atoms with Crippen molar-refractivity contribution in [1.82, 2.24) is 24.5 Å². The predicted octanol–water partition coefficient (Wildman–Crippen LogP) is 3.32. The first-order chi connectivity index (χ1) is 12.7. The Morgan fingerprint density at radius 2 is 1.92 bits per heavy atom. The number of benzene rings is 1. The molecule has 0 radical (unpaired) electrons. The van der Waals surface area contributed by atoms with Gasteiger partial charge >= 0.3 is 0 Å². The molecular formula is C20H26N6. The molecule has 1 aliphatic heterocycles. The number of rotatable bonds is 5. The molecule has 1 fully saturated rings. The van der Waals surface area contributed by atoms with Gasteiger partial charge in [-0.25, -0.2) is 4.98 Å². The fraction of sp³-hybridized carbons (Fsp3) is 0.450. The zero-order chi connectivity index (χ0) is 17.9. The third-order valence-electron chi connectivity index (χ3n) is 4.88. The normalized spacial score (nSPS) is 16.4. The van der Waals surface area contributed by atoms with Gasteiger partial charge in [-0.05, 0) is 18.8 Å². The number of hydrogen-bond acceptors (Lipinski definition) is 5. The van der Waals surface area contributed by atoms with Crippen molar-refractivity contribution in [3.63, 3.8) is 0 Å². The molecule has 4 rings (SSSR count). The third kappa shape index (κ3) is 3.70. The summed E-state index contributed by atoms with van der Waals surface area (Å²) < 4.78 is 1.80. The Morgan fingerprint density at radius 1 is 1.15 bits per heavy atom. The summed E-state index contributed by atoms with van der Waals surface area (Å²) in [6.07, 6.45) is 3.85. The van der Waals surface area contributed by atoms with E-state index < -0.39 is 0 Å². The van der Waals surface area contributed by atoms with Crippen LogP contribution in [0.25, 0.3) is 17.0 Å². The lowest BCUT2D eigenvalue weighted by Gasteiger charge is -2.33. The quantitative estimate of drug-likeness (QED) is 0.765. The van der Waals surface area contributed by atoms with Crippen molar-refractivity contribution in [3.05, 3.63) is 42.7 Å². The van der Waals surface area contributed by atoms with Crippen molar-refractivity contribution in [2.24, 2.45) is 5.92 Å². The smallest absolute Gasteiger partial charge is 0.254 e. The summed E-state index contributed by atoms with van der Waals surface area (Å²) in [5, 5.41) is 8.03. The van der Waals surface area contributed by atoms with E-state index in [-0.39, 0.29) is 0 Å². The molecule has 0 amide bonds. The van der Waals surface area contributed by atoms with E-state index in [0.29, 0.717) is 11.8 Å². The first-order valence-electron chi connectivity index (χ1n) is 9.44. The molecule has 0 atom stereocenters. The average Bonchev–Trinajstić information content (AvgIpc) is 3.12. The van der Waals surface area contributed by atoms with Gasteiger partial charge in [0.25, 0.3) is 5.78 Å². The number of nitrogens with zero attached hydrogens (tertiary/aromatic N) is 5. The van der Waals surface area contributed by atoms with E-state index in [1.54, 1.807) is 10.8 Å². The molecule has 1 aromatic carbocycles. The highest BCUT2D eigenvalue weighted by Gasteiger charge is 2.21. The van der Waals surface area contributed by atoms with Gasteiger partial charge in [0.2, 0.25) is 0 Å². The van der Waals surface area contributed by atoms with Crippen LogP contribution in [0.3, 0.4) is 0 Å². The number of anilines is 1. The number of nitrogens with one attached hydrogen (secondary N) is 1. The molecule has 1 aliphatic rings. The molecular weight excluding hydrogens is 324 g/mol. The van der Waals surface area contributed by atoms with Gasteiger partial charge in [0.05, 0.1) is 5.69 Å². The fourth-order valence-electron chi connectivity index (χ4n) is 3.66. The fourth-order valence-corrected chi connectivity index (χ4v) is 3.66. The summed E-state index contributed by atoms with van der Waals surface area (Å²) in [7, 11) is 0. The molecule has 2 aromatic heterocycles. The Morgan fingerprint density at radius 3 is 2.65 bits per heavy atom. The molecule has 1 N–H and O–H groups in total. The van der Waals surface area contributed by atoms with Gasteiger partial charge in [0.1, 0.15) is 12.1 Å². The molecule has 136 valence electrons. The maximum atomic E-state index is 4.65. The van der Waals surface area contributed by atoms with E-state index in [1.807, 2.05) is 18.2 Å². The molecule has 1 saturated heterocycles. The highest BCUT2D eigenvalue weighted by atomic mass is 15.4. The molecule has 0 aliphatic carbocycles. The van der Waals surface area contributed by atoms with Crippen LogP contribution >= 0.6 is 0 Å². The number of piperidine rings is 1. The van der Waals surface area contributed by atoms with Crippen LogP contribution in [0.2, 0.25) is 0 Å². The van der Waals surface area contributed by atoms with E-state index in [0.717, 1.165) is 48.9 Å². The maximum Gasteiger partial charge on any atom is 0.254 e. The Balaban J connectivity index is 1.54.